The monoisotopic (exact) mass is 306 g/mol. The zero-order valence-electron chi connectivity index (χ0n) is 12.3. The lowest BCUT2D eigenvalue weighted by molar-refractivity contribution is 0.0990. The van der Waals surface area contributed by atoms with Crippen LogP contribution in [-0.4, -0.2) is 30.2 Å². The van der Waals surface area contributed by atoms with E-state index in [1.165, 1.54) is 12.1 Å². The van der Waals surface area contributed by atoms with Crippen LogP contribution in [0.2, 0.25) is 0 Å². The third-order valence-corrected chi connectivity index (χ3v) is 4.36. The van der Waals surface area contributed by atoms with Crippen molar-refractivity contribution in [2.24, 2.45) is 0 Å². The Kier molecular flexibility index (Phi) is 4.27. The van der Waals surface area contributed by atoms with Gasteiger partial charge in [-0.2, -0.15) is 5.10 Å². The molecule has 0 saturated carbocycles. The summed E-state index contributed by atoms with van der Waals surface area (Å²) in [5, 5.41) is 4.31. The highest BCUT2D eigenvalue weighted by Gasteiger charge is 2.13. The van der Waals surface area contributed by atoms with Crippen molar-refractivity contribution in [3.05, 3.63) is 47.3 Å². The van der Waals surface area contributed by atoms with E-state index in [0.29, 0.717) is 12.1 Å². The molecule has 0 bridgehead atoms. The molecule has 0 N–H and O–H groups in total. The van der Waals surface area contributed by atoms with Gasteiger partial charge in [0, 0.05) is 24.1 Å². The molecule has 21 heavy (non-hydrogen) atoms. The summed E-state index contributed by atoms with van der Waals surface area (Å²) in [6.45, 7) is 4.58. The average Bonchev–Trinajstić information content (AvgIpc) is 2.78. The molecule has 0 aliphatic rings. The third-order valence-electron chi connectivity index (χ3n) is 3.23. The molecule has 0 aliphatic carbocycles. The van der Waals surface area contributed by atoms with E-state index in [0.717, 1.165) is 17.6 Å². The number of aryl methyl sites for hydroxylation is 2. The number of aromatic nitrogens is 2. The predicted molar refractivity (Wildman–Crippen MR) is 80.2 cm³/mol. The Morgan fingerprint density at radius 1 is 1.24 bits per heavy atom. The Morgan fingerprint density at radius 2 is 1.86 bits per heavy atom. The first kappa shape index (κ1) is 15.4. The zero-order chi connectivity index (χ0) is 15.6. The Morgan fingerprint density at radius 3 is 2.38 bits per heavy atom. The lowest BCUT2D eigenvalue weighted by Crippen LogP contribution is -2.10. The van der Waals surface area contributed by atoms with Gasteiger partial charge in [0.1, 0.15) is 0 Å². The number of carbonyl (C=O) groups is 1. The van der Waals surface area contributed by atoms with Crippen LogP contribution in [-0.2, 0) is 22.8 Å². The van der Waals surface area contributed by atoms with Crippen LogP contribution in [0.1, 0.15) is 28.7 Å². The van der Waals surface area contributed by atoms with E-state index in [1.807, 2.05) is 19.9 Å². The minimum Gasteiger partial charge on any atom is -0.294 e. The van der Waals surface area contributed by atoms with Gasteiger partial charge in [0.15, 0.2) is 15.6 Å². The first-order valence-corrected chi connectivity index (χ1v) is 8.57. The third kappa shape index (κ3) is 3.58. The Hall–Kier alpha value is -1.95. The van der Waals surface area contributed by atoms with E-state index < -0.39 is 9.84 Å². The molecule has 6 heteroatoms. The molecule has 1 aromatic heterocycles. The molecule has 0 atom stereocenters. The van der Waals surface area contributed by atoms with E-state index in [2.05, 4.69) is 5.10 Å². The smallest absolute Gasteiger partial charge is 0.175 e. The molecular weight excluding hydrogens is 288 g/mol. The summed E-state index contributed by atoms with van der Waals surface area (Å²) in [5.41, 5.74) is 2.25. The van der Waals surface area contributed by atoms with Crippen LogP contribution < -0.4 is 0 Å². The van der Waals surface area contributed by atoms with Crippen LogP contribution in [0.3, 0.4) is 0 Å². The average molecular weight is 306 g/mol. The van der Waals surface area contributed by atoms with Gasteiger partial charge in [-0.05, 0) is 32.0 Å². The topological polar surface area (TPSA) is 69.0 Å². The van der Waals surface area contributed by atoms with E-state index in [9.17, 15) is 13.2 Å². The van der Waals surface area contributed by atoms with Gasteiger partial charge >= 0.3 is 0 Å². The molecule has 2 aromatic rings. The molecule has 112 valence electrons. The highest BCUT2D eigenvalue weighted by atomic mass is 32.2. The van der Waals surface area contributed by atoms with Gasteiger partial charge in [0.2, 0.25) is 0 Å². The van der Waals surface area contributed by atoms with Crippen molar-refractivity contribution in [3.8, 4) is 0 Å². The highest BCUT2D eigenvalue weighted by Crippen LogP contribution is 2.13. The number of hydrogen-bond acceptors (Lipinski definition) is 4. The fourth-order valence-electron chi connectivity index (χ4n) is 2.17. The molecular formula is C15H18N2O3S. The molecule has 0 saturated heterocycles. The molecule has 0 spiro atoms. The minimum absolute atomic E-state index is 0.0512. The van der Waals surface area contributed by atoms with Gasteiger partial charge in [-0.25, -0.2) is 8.42 Å². The van der Waals surface area contributed by atoms with Gasteiger partial charge in [-0.1, -0.05) is 12.1 Å². The quantitative estimate of drug-likeness (QED) is 0.793. The molecule has 0 aliphatic heterocycles. The number of benzene rings is 1. The van der Waals surface area contributed by atoms with E-state index in [-0.39, 0.29) is 17.1 Å². The summed E-state index contributed by atoms with van der Waals surface area (Å²) in [5.74, 6) is -0.0512. The number of ketones is 1. The fraction of sp³-hybridized carbons (Fsp3) is 0.333. The molecule has 0 unspecified atom stereocenters. The van der Waals surface area contributed by atoms with Gasteiger partial charge < -0.3 is 0 Å². The van der Waals surface area contributed by atoms with E-state index >= 15 is 0 Å². The van der Waals surface area contributed by atoms with Gasteiger partial charge in [-0.3, -0.25) is 9.48 Å². The fourth-order valence-corrected chi connectivity index (χ4v) is 2.80. The first-order chi connectivity index (χ1) is 9.81. The molecule has 0 fully saturated rings. The number of carbonyl (C=O) groups excluding carboxylic acids is 1. The van der Waals surface area contributed by atoms with Crippen LogP contribution >= 0.6 is 0 Å². The van der Waals surface area contributed by atoms with E-state index in [1.54, 1.807) is 16.8 Å². The number of hydrogen-bond donors (Lipinski definition) is 0. The van der Waals surface area contributed by atoms with Crippen LogP contribution in [0.15, 0.2) is 35.2 Å². The normalized spacial score (nSPS) is 11.6. The lowest BCUT2D eigenvalue weighted by atomic mass is 10.1. The van der Waals surface area contributed by atoms with Crippen LogP contribution in [0.5, 0.6) is 0 Å². The van der Waals surface area contributed by atoms with Gasteiger partial charge in [-0.15, -0.1) is 0 Å². The van der Waals surface area contributed by atoms with Crippen molar-refractivity contribution in [3.63, 3.8) is 0 Å². The second-order valence-corrected chi connectivity index (χ2v) is 7.01. The van der Waals surface area contributed by atoms with Crippen molar-refractivity contribution in [1.82, 2.24) is 9.78 Å². The van der Waals surface area contributed by atoms with Crippen molar-refractivity contribution in [1.29, 1.82) is 0 Å². The summed E-state index contributed by atoms with van der Waals surface area (Å²) in [7, 11) is -3.24. The minimum atomic E-state index is -3.24. The first-order valence-electron chi connectivity index (χ1n) is 6.68. The van der Waals surface area contributed by atoms with Crippen LogP contribution in [0.4, 0.5) is 0 Å². The largest absolute Gasteiger partial charge is 0.294 e. The molecule has 0 amide bonds. The Balaban J connectivity index is 2.20. The number of rotatable bonds is 5. The highest BCUT2D eigenvalue weighted by molar-refractivity contribution is 7.90. The van der Waals surface area contributed by atoms with Crippen molar-refractivity contribution >= 4 is 15.6 Å². The standard InChI is InChI=1S/C15H18N2O3S/c1-4-17-13(9-11(2)16-17)10-15(18)12-5-7-14(8-6-12)21(3,19)20/h5-9H,4,10H2,1-3H3. The summed E-state index contributed by atoms with van der Waals surface area (Å²) < 4.78 is 24.6. The molecule has 2 rings (SSSR count). The lowest BCUT2D eigenvalue weighted by Gasteiger charge is -2.05. The second kappa shape index (κ2) is 5.81. The SMILES string of the molecule is CCn1nc(C)cc1CC(=O)c1ccc(S(C)(=O)=O)cc1. The zero-order valence-corrected chi connectivity index (χ0v) is 13.1. The summed E-state index contributed by atoms with van der Waals surface area (Å²) in [6.07, 6.45) is 1.40. The molecule has 0 radical (unpaired) electrons. The number of Topliss-reactive ketones (excluding diaryl/α,β-unsaturated/α-hetero) is 1. The van der Waals surface area contributed by atoms with Crippen molar-refractivity contribution in [2.75, 3.05) is 6.26 Å². The molecule has 1 aromatic carbocycles. The Bertz CT molecular complexity index is 759. The second-order valence-electron chi connectivity index (χ2n) is 4.99. The summed E-state index contributed by atoms with van der Waals surface area (Å²) >= 11 is 0. The van der Waals surface area contributed by atoms with E-state index in [4.69, 9.17) is 0 Å². The van der Waals surface area contributed by atoms with Gasteiger partial charge in [0.25, 0.3) is 0 Å². The van der Waals surface area contributed by atoms with Crippen LogP contribution in [0, 0.1) is 6.92 Å². The van der Waals surface area contributed by atoms with Crippen molar-refractivity contribution in [2.45, 2.75) is 31.7 Å². The number of sulfone groups is 1. The predicted octanol–water partition coefficient (Wildman–Crippen LogP) is 2.04. The maximum atomic E-state index is 12.3. The van der Waals surface area contributed by atoms with Gasteiger partial charge in [0.05, 0.1) is 17.0 Å². The summed E-state index contributed by atoms with van der Waals surface area (Å²) in [6, 6.07) is 7.93. The maximum absolute atomic E-state index is 12.3. The summed E-state index contributed by atoms with van der Waals surface area (Å²) in [4.78, 5) is 12.5. The molecule has 1 heterocycles. The maximum Gasteiger partial charge on any atom is 0.175 e. The van der Waals surface area contributed by atoms with Crippen LogP contribution in [0.25, 0.3) is 0 Å². The van der Waals surface area contributed by atoms with Crippen molar-refractivity contribution < 1.29 is 13.2 Å². The Labute approximate surface area is 124 Å². The number of nitrogens with zero attached hydrogens (tertiary/aromatic N) is 2. The molecule has 5 nitrogen and oxygen atoms in total.